The zero-order valence-electron chi connectivity index (χ0n) is 13.8. The van der Waals surface area contributed by atoms with Gasteiger partial charge in [-0.3, -0.25) is 14.3 Å². The number of benzene rings is 1. The van der Waals surface area contributed by atoms with Crippen molar-refractivity contribution in [3.8, 4) is 0 Å². The molecule has 1 aromatic carbocycles. The second-order valence-corrected chi connectivity index (χ2v) is 5.94. The minimum absolute atomic E-state index is 0.311. The number of nitrogens with zero attached hydrogens (tertiary/aromatic N) is 4. The first-order valence-electron chi connectivity index (χ1n) is 7.75. The first-order chi connectivity index (χ1) is 12.0. The monoisotopic (exact) mass is 360 g/mol. The van der Waals surface area contributed by atoms with Crippen molar-refractivity contribution >= 4 is 34.9 Å². The average molecular weight is 361 g/mol. The Hall–Kier alpha value is -2.87. The Kier molecular flexibility index (Phi) is 4.71. The molecule has 25 heavy (non-hydrogen) atoms. The highest BCUT2D eigenvalue weighted by molar-refractivity contribution is 6.30. The van der Waals surface area contributed by atoms with Gasteiger partial charge in [-0.05, 0) is 24.1 Å². The van der Waals surface area contributed by atoms with E-state index in [9.17, 15) is 9.59 Å². The van der Waals surface area contributed by atoms with E-state index in [1.54, 1.807) is 30.0 Å². The molecule has 2 heterocycles. The van der Waals surface area contributed by atoms with Crippen molar-refractivity contribution < 1.29 is 0 Å². The Balaban J connectivity index is 2.00. The van der Waals surface area contributed by atoms with Crippen LogP contribution in [0.15, 0.2) is 39.0 Å². The van der Waals surface area contributed by atoms with Crippen LogP contribution in [0.25, 0.3) is 11.2 Å². The van der Waals surface area contributed by atoms with Crippen LogP contribution in [-0.4, -0.2) is 25.3 Å². The van der Waals surface area contributed by atoms with Crippen molar-refractivity contribution in [2.24, 2.45) is 12.1 Å². The molecule has 3 rings (SSSR count). The van der Waals surface area contributed by atoms with E-state index in [1.807, 2.05) is 19.1 Å². The number of halogens is 1. The molecule has 0 saturated heterocycles. The van der Waals surface area contributed by atoms with E-state index in [2.05, 4.69) is 20.5 Å². The molecule has 0 bridgehead atoms. The molecule has 2 aromatic heterocycles. The molecule has 0 radical (unpaired) electrons. The van der Waals surface area contributed by atoms with E-state index in [0.29, 0.717) is 28.7 Å². The highest BCUT2D eigenvalue weighted by atomic mass is 35.5. The topological polar surface area (TPSA) is 97.1 Å². The van der Waals surface area contributed by atoms with E-state index in [1.165, 1.54) is 4.57 Å². The molecular weight excluding hydrogens is 344 g/mol. The fourth-order valence-electron chi connectivity index (χ4n) is 2.47. The standard InChI is InChI=1S/C16H17ClN6O2/c1-3-8-23-12-13(22(2)16(25)20-14(12)24)19-15(23)21-18-9-10-4-6-11(17)7-5-10/h4-7,9H,3,8H2,1-2H3,(H,19,21)(H,20,24,25)/b18-9-. The van der Waals surface area contributed by atoms with Crippen molar-refractivity contribution in [3.63, 3.8) is 0 Å². The molecule has 0 aliphatic carbocycles. The number of rotatable bonds is 5. The van der Waals surface area contributed by atoms with Gasteiger partial charge in [-0.2, -0.15) is 10.1 Å². The zero-order valence-corrected chi connectivity index (χ0v) is 14.5. The lowest BCUT2D eigenvalue weighted by atomic mass is 10.2. The first kappa shape index (κ1) is 17.0. The van der Waals surface area contributed by atoms with Crippen LogP contribution >= 0.6 is 11.6 Å². The van der Waals surface area contributed by atoms with Crippen LogP contribution in [-0.2, 0) is 13.6 Å². The highest BCUT2D eigenvalue weighted by Crippen LogP contribution is 2.16. The van der Waals surface area contributed by atoms with Gasteiger partial charge in [-0.1, -0.05) is 30.7 Å². The molecular formula is C16H17ClN6O2. The summed E-state index contributed by atoms with van der Waals surface area (Å²) in [5, 5.41) is 4.81. The number of aromatic nitrogens is 4. The molecule has 0 amide bonds. The summed E-state index contributed by atoms with van der Waals surface area (Å²) < 4.78 is 3.02. The Morgan fingerprint density at radius 2 is 2.04 bits per heavy atom. The Morgan fingerprint density at radius 1 is 1.32 bits per heavy atom. The van der Waals surface area contributed by atoms with Gasteiger partial charge in [0.15, 0.2) is 11.2 Å². The minimum Gasteiger partial charge on any atom is -0.303 e. The number of aryl methyl sites for hydroxylation is 2. The van der Waals surface area contributed by atoms with E-state index >= 15 is 0 Å². The third kappa shape index (κ3) is 3.34. The molecule has 0 spiro atoms. The summed E-state index contributed by atoms with van der Waals surface area (Å²) in [6.07, 6.45) is 2.42. The third-order valence-corrected chi connectivity index (χ3v) is 3.95. The van der Waals surface area contributed by atoms with Gasteiger partial charge in [-0.25, -0.2) is 10.2 Å². The molecule has 0 aliphatic rings. The maximum atomic E-state index is 12.2. The van der Waals surface area contributed by atoms with Gasteiger partial charge in [0, 0.05) is 18.6 Å². The lowest BCUT2D eigenvalue weighted by Gasteiger charge is -2.05. The van der Waals surface area contributed by atoms with Crippen LogP contribution in [0.1, 0.15) is 18.9 Å². The quantitative estimate of drug-likeness (QED) is 0.536. The predicted octanol–water partition coefficient (Wildman–Crippen LogP) is 1.93. The van der Waals surface area contributed by atoms with Gasteiger partial charge >= 0.3 is 5.69 Å². The van der Waals surface area contributed by atoms with E-state index in [0.717, 1.165) is 12.0 Å². The number of imidazole rings is 1. The molecule has 3 aromatic rings. The predicted molar refractivity (Wildman–Crippen MR) is 98.6 cm³/mol. The maximum Gasteiger partial charge on any atom is 0.329 e. The average Bonchev–Trinajstić information content (AvgIpc) is 2.94. The largest absolute Gasteiger partial charge is 0.329 e. The normalized spacial score (nSPS) is 11.5. The Morgan fingerprint density at radius 3 is 2.72 bits per heavy atom. The van der Waals surface area contributed by atoms with Crippen LogP contribution in [0.5, 0.6) is 0 Å². The van der Waals surface area contributed by atoms with Gasteiger partial charge in [0.1, 0.15) is 0 Å². The van der Waals surface area contributed by atoms with Gasteiger partial charge < -0.3 is 4.57 Å². The second-order valence-electron chi connectivity index (χ2n) is 5.50. The van der Waals surface area contributed by atoms with E-state index < -0.39 is 11.2 Å². The lowest BCUT2D eigenvalue weighted by molar-refractivity contribution is 0.698. The third-order valence-electron chi connectivity index (χ3n) is 3.70. The fourth-order valence-corrected chi connectivity index (χ4v) is 2.60. The number of hydrazone groups is 1. The number of nitrogens with one attached hydrogen (secondary N) is 2. The molecule has 0 fully saturated rings. The van der Waals surface area contributed by atoms with Crippen molar-refractivity contribution in [1.29, 1.82) is 0 Å². The van der Waals surface area contributed by atoms with Crippen molar-refractivity contribution in [3.05, 3.63) is 55.7 Å². The number of hydrogen-bond acceptors (Lipinski definition) is 5. The summed E-state index contributed by atoms with van der Waals surface area (Å²) in [5.74, 6) is 0.397. The number of hydrogen-bond donors (Lipinski definition) is 2. The summed E-state index contributed by atoms with van der Waals surface area (Å²) >= 11 is 5.85. The van der Waals surface area contributed by atoms with E-state index in [-0.39, 0.29) is 0 Å². The summed E-state index contributed by atoms with van der Waals surface area (Å²) in [7, 11) is 1.56. The molecule has 9 heteroatoms. The van der Waals surface area contributed by atoms with E-state index in [4.69, 9.17) is 11.6 Å². The van der Waals surface area contributed by atoms with Crippen LogP contribution in [0, 0.1) is 0 Å². The smallest absolute Gasteiger partial charge is 0.303 e. The molecule has 0 atom stereocenters. The minimum atomic E-state index is -0.505. The number of H-pyrrole nitrogens is 1. The van der Waals surface area contributed by atoms with Gasteiger partial charge in [0.25, 0.3) is 5.56 Å². The number of fused-ring (bicyclic) bond motifs is 1. The Labute approximate surface area is 147 Å². The summed E-state index contributed by atoms with van der Waals surface area (Å²) in [6, 6.07) is 7.20. The van der Waals surface area contributed by atoms with Gasteiger partial charge in [0.05, 0.1) is 6.21 Å². The molecule has 0 unspecified atom stereocenters. The summed E-state index contributed by atoms with van der Waals surface area (Å²) in [6.45, 7) is 2.55. The maximum absolute atomic E-state index is 12.2. The van der Waals surface area contributed by atoms with Crippen molar-refractivity contribution in [2.75, 3.05) is 5.43 Å². The van der Waals surface area contributed by atoms with Crippen molar-refractivity contribution in [2.45, 2.75) is 19.9 Å². The molecule has 2 N–H and O–H groups in total. The highest BCUT2D eigenvalue weighted by Gasteiger charge is 2.16. The van der Waals surface area contributed by atoms with Gasteiger partial charge in [0.2, 0.25) is 5.95 Å². The molecule has 130 valence electrons. The second kappa shape index (κ2) is 6.94. The van der Waals surface area contributed by atoms with Crippen LogP contribution in [0.4, 0.5) is 5.95 Å². The summed E-state index contributed by atoms with van der Waals surface area (Å²) in [5.41, 5.74) is 3.39. The molecule has 8 nitrogen and oxygen atoms in total. The molecule has 0 saturated carbocycles. The van der Waals surface area contributed by atoms with Crippen LogP contribution in [0.2, 0.25) is 5.02 Å². The Bertz CT molecular complexity index is 1050. The summed E-state index contributed by atoms with van der Waals surface area (Å²) in [4.78, 5) is 30.6. The van der Waals surface area contributed by atoms with Crippen LogP contribution < -0.4 is 16.7 Å². The fraction of sp³-hybridized carbons (Fsp3) is 0.250. The molecule has 0 aliphatic heterocycles. The number of anilines is 1. The number of aromatic amines is 1. The van der Waals surface area contributed by atoms with Gasteiger partial charge in [-0.15, -0.1) is 0 Å². The lowest BCUT2D eigenvalue weighted by Crippen LogP contribution is -2.29. The van der Waals surface area contributed by atoms with Crippen LogP contribution in [0.3, 0.4) is 0 Å². The first-order valence-corrected chi connectivity index (χ1v) is 8.13. The van der Waals surface area contributed by atoms with Crippen molar-refractivity contribution in [1.82, 2.24) is 19.1 Å². The SMILES string of the molecule is CCCn1c(N/N=C\c2ccc(Cl)cc2)nc2c1c(=O)[nH]c(=O)n2C. The zero-order chi connectivity index (χ0) is 18.0.